The molecule has 4 N–H and O–H groups in total. The molecule has 1 aliphatic rings. The molecule has 0 aromatic heterocycles. The van der Waals surface area contributed by atoms with E-state index in [2.05, 4.69) is 38.2 Å². The van der Waals surface area contributed by atoms with Gasteiger partial charge < -0.3 is 39.4 Å². The fourth-order valence-corrected chi connectivity index (χ4v) is 6.71. The highest BCUT2D eigenvalue weighted by atomic mass is 16.7. The SMILES string of the molecule is CCCCCCCC/C=C/CCCCCCCC(=O)O[C@@H](COC(=O)CCCC/C=C/CCCCCCCCCCC)CO[C@H]1O[C@@H](CO)[C@@H](O)C(O)C1O. The zero-order chi connectivity index (χ0) is 40.2. The number of carbonyl (C=O) groups excluding carboxylic acids is 2. The van der Waals surface area contributed by atoms with Crippen LogP contribution in [0.2, 0.25) is 0 Å². The van der Waals surface area contributed by atoms with E-state index in [-0.39, 0.29) is 26.1 Å². The maximum absolute atomic E-state index is 12.7. The number of esters is 2. The molecule has 10 nitrogen and oxygen atoms in total. The average Bonchev–Trinajstić information content (AvgIpc) is 3.18. The molecule has 2 unspecified atom stereocenters. The van der Waals surface area contributed by atoms with Gasteiger partial charge in [0.05, 0.1) is 13.2 Å². The Labute approximate surface area is 334 Å². The Kier molecular flexibility index (Phi) is 34.0. The molecule has 0 aromatic rings. The average molecular weight is 783 g/mol. The molecule has 1 fully saturated rings. The fraction of sp³-hybridized carbons (Fsp3) is 0.867. The van der Waals surface area contributed by atoms with E-state index in [1.807, 2.05) is 0 Å². The van der Waals surface area contributed by atoms with Crippen LogP contribution in [0.3, 0.4) is 0 Å². The van der Waals surface area contributed by atoms with Crippen molar-refractivity contribution in [3.05, 3.63) is 24.3 Å². The number of allylic oxidation sites excluding steroid dienone is 4. The van der Waals surface area contributed by atoms with Crippen LogP contribution in [0.5, 0.6) is 0 Å². The van der Waals surface area contributed by atoms with Crippen LogP contribution >= 0.6 is 0 Å². The monoisotopic (exact) mass is 783 g/mol. The first kappa shape index (κ1) is 51.2. The molecule has 0 bridgehead atoms. The number of ether oxygens (including phenoxy) is 4. The summed E-state index contributed by atoms with van der Waals surface area (Å²) in [5, 5.41) is 40.0. The summed E-state index contributed by atoms with van der Waals surface area (Å²) in [6, 6.07) is 0. The van der Waals surface area contributed by atoms with Crippen molar-refractivity contribution in [1.29, 1.82) is 0 Å². The van der Waals surface area contributed by atoms with Crippen LogP contribution in [0.25, 0.3) is 0 Å². The van der Waals surface area contributed by atoms with Gasteiger partial charge in [0.25, 0.3) is 0 Å². The summed E-state index contributed by atoms with van der Waals surface area (Å²) in [4.78, 5) is 25.3. The lowest BCUT2D eigenvalue weighted by atomic mass is 9.99. The molecule has 0 saturated carbocycles. The highest BCUT2D eigenvalue weighted by Gasteiger charge is 2.44. The van der Waals surface area contributed by atoms with Gasteiger partial charge in [0.2, 0.25) is 0 Å². The molecule has 1 aliphatic heterocycles. The van der Waals surface area contributed by atoms with Crippen LogP contribution in [-0.4, -0.2) is 89.0 Å². The van der Waals surface area contributed by atoms with Crippen LogP contribution in [0.15, 0.2) is 24.3 Å². The van der Waals surface area contributed by atoms with Crippen molar-refractivity contribution < 1.29 is 49.0 Å². The predicted molar refractivity (Wildman–Crippen MR) is 219 cm³/mol. The van der Waals surface area contributed by atoms with Crippen molar-refractivity contribution in [2.24, 2.45) is 0 Å². The second-order valence-corrected chi connectivity index (χ2v) is 15.5. The third-order valence-corrected chi connectivity index (χ3v) is 10.3. The molecule has 0 amide bonds. The Bertz CT molecular complexity index is 954. The minimum Gasteiger partial charge on any atom is -0.462 e. The highest BCUT2D eigenvalue weighted by molar-refractivity contribution is 5.70. The summed E-state index contributed by atoms with van der Waals surface area (Å²) < 4.78 is 22.1. The number of rotatable bonds is 37. The van der Waals surface area contributed by atoms with E-state index in [1.165, 1.54) is 103 Å². The van der Waals surface area contributed by atoms with Crippen molar-refractivity contribution in [3.8, 4) is 0 Å². The van der Waals surface area contributed by atoms with E-state index in [4.69, 9.17) is 18.9 Å². The Hall–Kier alpha value is -1.82. The summed E-state index contributed by atoms with van der Waals surface area (Å²) >= 11 is 0. The lowest BCUT2D eigenvalue weighted by Gasteiger charge is -2.39. The molecule has 55 heavy (non-hydrogen) atoms. The van der Waals surface area contributed by atoms with Gasteiger partial charge in [-0.3, -0.25) is 9.59 Å². The topological polar surface area (TPSA) is 152 Å². The summed E-state index contributed by atoms with van der Waals surface area (Å²) in [6.45, 7) is 3.39. The van der Waals surface area contributed by atoms with Crippen LogP contribution < -0.4 is 0 Å². The van der Waals surface area contributed by atoms with Crippen LogP contribution in [0.4, 0.5) is 0 Å². The fourth-order valence-electron chi connectivity index (χ4n) is 6.71. The van der Waals surface area contributed by atoms with E-state index in [9.17, 15) is 30.0 Å². The van der Waals surface area contributed by atoms with E-state index in [1.54, 1.807) is 0 Å². The molecule has 0 aromatic carbocycles. The quantitative estimate of drug-likeness (QED) is 0.0273. The number of hydrogen-bond donors (Lipinski definition) is 4. The number of hydrogen-bond acceptors (Lipinski definition) is 10. The Morgan fingerprint density at radius 3 is 1.45 bits per heavy atom. The second-order valence-electron chi connectivity index (χ2n) is 15.5. The third-order valence-electron chi connectivity index (χ3n) is 10.3. The number of unbranched alkanes of at least 4 members (excludes halogenated alkanes) is 22. The molecule has 1 saturated heterocycles. The Morgan fingerprint density at radius 1 is 0.545 bits per heavy atom. The van der Waals surface area contributed by atoms with E-state index in [0.29, 0.717) is 12.8 Å². The zero-order valence-corrected chi connectivity index (χ0v) is 34.9. The maximum atomic E-state index is 12.7. The predicted octanol–water partition coefficient (Wildman–Crippen LogP) is 9.33. The van der Waals surface area contributed by atoms with Gasteiger partial charge in [0.15, 0.2) is 12.4 Å². The molecule has 322 valence electrons. The van der Waals surface area contributed by atoms with Crippen LogP contribution in [0, 0.1) is 0 Å². The van der Waals surface area contributed by atoms with Gasteiger partial charge >= 0.3 is 11.9 Å². The van der Waals surface area contributed by atoms with E-state index in [0.717, 1.165) is 51.4 Å². The number of aliphatic hydroxyl groups is 4. The molecular formula is C45H82O10. The molecule has 1 heterocycles. The summed E-state index contributed by atoms with van der Waals surface area (Å²) in [5.41, 5.74) is 0. The van der Waals surface area contributed by atoms with Gasteiger partial charge in [-0.15, -0.1) is 0 Å². The Balaban J connectivity index is 2.35. The number of carbonyl (C=O) groups is 2. The lowest BCUT2D eigenvalue weighted by Crippen LogP contribution is -2.59. The molecule has 0 aliphatic carbocycles. The van der Waals surface area contributed by atoms with Gasteiger partial charge in [-0.1, -0.05) is 141 Å². The Morgan fingerprint density at radius 2 is 0.964 bits per heavy atom. The number of aliphatic hydroxyl groups excluding tert-OH is 4. The smallest absolute Gasteiger partial charge is 0.306 e. The van der Waals surface area contributed by atoms with Gasteiger partial charge in [-0.05, 0) is 64.2 Å². The van der Waals surface area contributed by atoms with Crippen LogP contribution in [-0.2, 0) is 28.5 Å². The van der Waals surface area contributed by atoms with Crippen molar-refractivity contribution in [2.45, 2.75) is 230 Å². The van der Waals surface area contributed by atoms with Gasteiger partial charge in [0, 0.05) is 12.8 Å². The first-order valence-electron chi connectivity index (χ1n) is 22.4. The highest BCUT2D eigenvalue weighted by Crippen LogP contribution is 2.22. The van der Waals surface area contributed by atoms with Gasteiger partial charge in [0.1, 0.15) is 31.0 Å². The largest absolute Gasteiger partial charge is 0.462 e. The molecule has 0 radical (unpaired) electrons. The lowest BCUT2D eigenvalue weighted by molar-refractivity contribution is -0.305. The third kappa shape index (κ3) is 28.3. The van der Waals surface area contributed by atoms with Crippen molar-refractivity contribution in [2.75, 3.05) is 19.8 Å². The molecule has 10 heteroatoms. The van der Waals surface area contributed by atoms with Gasteiger partial charge in [-0.25, -0.2) is 0 Å². The first-order chi connectivity index (χ1) is 26.8. The van der Waals surface area contributed by atoms with Crippen molar-refractivity contribution >= 4 is 11.9 Å². The maximum Gasteiger partial charge on any atom is 0.306 e. The zero-order valence-electron chi connectivity index (χ0n) is 34.9. The second kappa shape index (κ2) is 36.5. The minimum absolute atomic E-state index is 0.218. The van der Waals surface area contributed by atoms with Gasteiger partial charge in [-0.2, -0.15) is 0 Å². The summed E-state index contributed by atoms with van der Waals surface area (Å²) in [7, 11) is 0. The van der Waals surface area contributed by atoms with Crippen LogP contribution in [0.1, 0.15) is 194 Å². The standard InChI is InChI=1S/C45H82O10/c1-3-5-7-9-11-13-15-17-19-21-23-25-27-29-31-33-40(47)52-36-38(37-53-45-44(51)43(50)42(49)39(35-46)55-45)54-41(48)34-32-30-28-26-24-22-20-18-16-14-12-10-8-6-4-2/h18,20,23,25,38-39,42-46,49-51H,3-17,19,21-22,24,26-37H2,1-2H3/b20-18+,25-23+/t38-,39-,42+,43?,44?,45-/m0/s1. The minimum atomic E-state index is -1.60. The molecule has 0 spiro atoms. The molecule has 1 rings (SSSR count). The van der Waals surface area contributed by atoms with E-state index < -0.39 is 55.4 Å². The van der Waals surface area contributed by atoms with Crippen molar-refractivity contribution in [3.63, 3.8) is 0 Å². The normalized spacial score (nSPS) is 20.7. The van der Waals surface area contributed by atoms with E-state index >= 15 is 0 Å². The summed E-state index contributed by atoms with van der Waals surface area (Å²) in [6.07, 6.45) is 31.8. The first-order valence-corrected chi connectivity index (χ1v) is 22.4. The summed E-state index contributed by atoms with van der Waals surface area (Å²) in [5.74, 6) is -0.838. The van der Waals surface area contributed by atoms with Crippen molar-refractivity contribution in [1.82, 2.24) is 0 Å². The molecule has 6 atom stereocenters. The molecular weight excluding hydrogens is 700 g/mol.